The third-order valence-electron chi connectivity index (χ3n) is 22.4. The first kappa shape index (κ1) is 109. The van der Waals surface area contributed by atoms with Crippen molar-refractivity contribution in [3.05, 3.63) is 0 Å². The Kier molecular flexibility index (Phi) is 81.7. The van der Waals surface area contributed by atoms with Gasteiger partial charge in [0.25, 0.3) is 0 Å². The van der Waals surface area contributed by atoms with Crippen LogP contribution >= 0.6 is 15.6 Å². The van der Waals surface area contributed by atoms with Gasteiger partial charge in [-0.25, -0.2) is 9.13 Å². The second-order valence-corrected chi connectivity index (χ2v) is 36.4. The minimum atomic E-state index is -4.97. The van der Waals surface area contributed by atoms with Gasteiger partial charge in [0.1, 0.15) is 19.3 Å². The zero-order chi connectivity index (χ0) is 81.3. The van der Waals surface area contributed by atoms with Crippen molar-refractivity contribution in [3.63, 3.8) is 0 Å². The molecular formula is C92H180O17P2. The van der Waals surface area contributed by atoms with E-state index in [1.165, 1.54) is 315 Å². The van der Waals surface area contributed by atoms with Gasteiger partial charge < -0.3 is 33.8 Å². The summed E-state index contributed by atoms with van der Waals surface area (Å²) in [6.07, 6.45) is 77.8. The first-order valence-corrected chi connectivity index (χ1v) is 50.6. The minimum absolute atomic E-state index is 0.109. The van der Waals surface area contributed by atoms with Crippen LogP contribution in [0.3, 0.4) is 0 Å². The van der Waals surface area contributed by atoms with Crippen LogP contribution in [0.1, 0.15) is 497 Å². The highest BCUT2D eigenvalue weighted by atomic mass is 31.2. The number of aliphatic hydroxyl groups is 1. The molecule has 4 unspecified atom stereocenters. The van der Waals surface area contributed by atoms with Crippen LogP contribution in [-0.2, 0) is 65.4 Å². The molecule has 0 fully saturated rings. The van der Waals surface area contributed by atoms with Gasteiger partial charge in [-0.1, -0.05) is 446 Å². The molecule has 0 spiro atoms. The molecule has 0 aliphatic heterocycles. The van der Waals surface area contributed by atoms with Crippen LogP contribution in [0.4, 0.5) is 0 Å². The summed E-state index contributed by atoms with van der Waals surface area (Å²) >= 11 is 0. The fraction of sp³-hybridized carbons (Fsp3) is 0.957. The number of ether oxygens (including phenoxy) is 4. The Morgan fingerprint density at radius 1 is 0.252 bits per heavy atom. The van der Waals surface area contributed by atoms with E-state index < -0.39 is 97.5 Å². The molecule has 0 aromatic heterocycles. The summed E-state index contributed by atoms with van der Waals surface area (Å²) in [6, 6.07) is 0. The molecule has 111 heavy (non-hydrogen) atoms. The molecule has 0 heterocycles. The summed E-state index contributed by atoms with van der Waals surface area (Å²) in [5.41, 5.74) is 0. The number of unbranched alkanes of at least 4 members (excludes halogenated alkanes) is 59. The van der Waals surface area contributed by atoms with Gasteiger partial charge in [-0.05, 0) is 37.5 Å². The molecular weight excluding hydrogens is 1440 g/mol. The molecule has 0 aromatic rings. The average Bonchev–Trinajstić information content (AvgIpc) is 0.893. The minimum Gasteiger partial charge on any atom is -0.462 e. The van der Waals surface area contributed by atoms with Crippen molar-refractivity contribution in [3.8, 4) is 0 Å². The molecule has 0 aromatic carbocycles. The maximum atomic E-state index is 13.2. The number of hydrogen-bond acceptors (Lipinski definition) is 15. The highest BCUT2D eigenvalue weighted by Crippen LogP contribution is 2.45. The van der Waals surface area contributed by atoms with Gasteiger partial charge in [-0.2, -0.15) is 0 Å². The predicted octanol–water partition coefficient (Wildman–Crippen LogP) is 28.6. The van der Waals surface area contributed by atoms with Crippen molar-refractivity contribution in [1.82, 2.24) is 0 Å². The molecule has 0 amide bonds. The molecule has 0 bridgehead atoms. The third kappa shape index (κ3) is 82.9. The van der Waals surface area contributed by atoms with Gasteiger partial charge in [0.05, 0.1) is 26.4 Å². The second kappa shape index (κ2) is 83.1. The number of rotatable bonds is 91. The van der Waals surface area contributed by atoms with E-state index in [1.54, 1.807) is 0 Å². The summed E-state index contributed by atoms with van der Waals surface area (Å²) < 4.78 is 69.1. The lowest BCUT2D eigenvalue weighted by atomic mass is 9.99. The number of carbonyl (C=O) groups is 4. The molecule has 19 heteroatoms. The van der Waals surface area contributed by atoms with Gasteiger partial charge >= 0.3 is 39.5 Å². The van der Waals surface area contributed by atoms with Crippen LogP contribution < -0.4 is 0 Å². The summed E-state index contributed by atoms with van der Waals surface area (Å²) in [6.45, 7) is 9.84. The molecule has 0 aliphatic carbocycles. The molecule has 0 radical (unpaired) electrons. The number of hydrogen-bond donors (Lipinski definition) is 3. The fourth-order valence-corrected chi connectivity index (χ4v) is 16.0. The highest BCUT2D eigenvalue weighted by Gasteiger charge is 2.31. The lowest BCUT2D eigenvalue weighted by molar-refractivity contribution is -0.161. The topological polar surface area (TPSA) is 237 Å². The molecule has 0 aliphatic rings. The van der Waals surface area contributed by atoms with Crippen molar-refractivity contribution in [2.45, 2.75) is 516 Å². The Morgan fingerprint density at radius 2 is 0.432 bits per heavy atom. The SMILES string of the molecule is CCCCCCCCCCCCCCCCCCCC(=O)O[C@H](COC(=O)CCCCCCCCCCCC)COP(=O)(O)OC[C@H](O)COP(=O)(O)OC[C@@H](COC(=O)CCCCCCCCCCCCCCCCCCCCC(C)CC)OC(=O)CCCCCCCCCCCCCCCCCCCCC(C)CC. The van der Waals surface area contributed by atoms with Crippen molar-refractivity contribution in [1.29, 1.82) is 0 Å². The lowest BCUT2D eigenvalue weighted by Gasteiger charge is -2.21. The lowest BCUT2D eigenvalue weighted by Crippen LogP contribution is -2.30. The Labute approximate surface area is 683 Å². The zero-order valence-electron chi connectivity index (χ0n) is 73.3. The highest BCUT2D eigenvalue weighted by molar-refractivity contribution is 7.47. The molecule has 660 valence electrons. The first-order chi connectivity index (χ1) is 53.9. The summed E-state index contributed by atoms with van der Waals surface area (Å²) in [4.78, 5) is 73.4. The first-order valence-electron chi connectivity index (χ1n) is 47.6. The average molecular weight is 1620 g/mol. The number of aliphatic hydroxyl groups excluding tert-OH is 1. The van der Waals surface area contributed by atoms with Gasteiger partial charge in [0, 0.05) is 25.7 Å². The second-order valence-electron chi connectivity index (χ2n) is 33.5. The maximum Gasteiger partial charge on any atom is 0.472 e. The van der Waals surface area contributed by atoms with E-state index in [-0.39, 0.29) is 25.7 Å². The van der Waals surface area contributed by atoms with E-state index in [0.717, 1.165) is 102 Å². The maximum absolute atomic E-state index is 13.2. The molecule has 3 N–H and O–H groups in total. The van der Waals surface area contributed by atoms with E-state index in [2.05, 4.69) is 41.5 Å². The van der Waals surface area contributed by atoms with Crippen LogP contribution in [0.5, 0.6) is 0 Å². The quantitative estimate of drug-likeness (QED) is 0.0222. The van der Waals surface area contributed by atoms with E-state index in [9.17, 15) is 43.2 Å². The van der Waals surface area contributed by atoms with E-state index in [1.807, 2.05) is 0 Å². The van der Waals surface area contributed by atoms with E-state index in [0.29, 0.717) is 25.7 Å². The number of carbonyl (C=O) groups excluding carboxylic acids is 4. The van der Waals surface area contributed by atoms with E-state index >= 15 is 0 Å². The molecule has 17 nitrogen and oxygen atoms in total. The Bertz CT molecular complexity index is 2120. The molecule has 0 rings (SSSR count). The standard InChI is InChI=1S/C92H180O17P2/c1-7-11-13-15-17-19-21-22-23-28-36-41-46-52-58-64-70-76-91(96)108-87(80-102-89(94)74-68-62-56-50-20-18-16-14-12-8-2)82-106-110(98,99)104-78-86(93)79-105-111(100,101)107-83-88(109-92(97)77-71-65-59-53-47-42-37-32-27-25-30-34-39-44-49-55-61-67-73-85(6)10-4)81-103-90(95)75-69-63-57-51-45-40-35-31-26-24-29-33-38-43-48-54-60-66-72-84(5)9-3/h84-88,93H,7-83H2,1-6H3,(H,98,99)(H,100,101)/t84?,85?,86-,87+,88+/m0/s1. The van der Waals surface area contributed by atoms with Crippen molar-refractivity contribution in [2.75, 3.05) is 39.6 Å². The van der Waals surface area contributed by atoms with Crippen LogP contribution in [0.25, 0.3) is 0 Å². The summed E-state index contributed by atoms with van der Waals surface area (Å²) in [5.74, 6) is -0.350. The third-order valence-corrected chi connectivity index (χ3v) is 24.3. The van der Waals surface area contributed by atoms with E-state index in [4.69, 9.17) is 37.0 Å². The largest absolute Gasteiger partial charge is 0.472 e. The smallest absolute Gasteiger partial charge is 0.462 e. The van der Waals surface area contributed by atoms with Gasteiger partial charge in [0.15, 0.2) is 12.2 Å². The molecule has 7 atom stereocenters. The Morgan fingerprint density at radius 3 is 0.640 bits per heavy atom. The molecule has 0 saturated heterocycles. The van der Waals surface area contributed by atoms with Crippen molar-refractivity contribution < 1.29 is 80.2 Å². The van der Waals surface area contributed by atoms with Gasteiger partial charge in [-0.3, -0.25) is 37.3 Å². The summed E-state index contributed by atoms with van der Waals surface area (Å²) in [7, 11) is -9.93. The van der Waals surface area contributed by atoms with Crippen LogP contribution in [0.15, 0.2) is 0 Å². The van der Waals surface area contributed by atoms with Gasteiger partial charge in [0.2, 0.25) is 0 Å². The fourth-order valence-electron chi connectivity index (χ4n) is 14.4. The van der Waals surface area contributed by atoms with Gasteiger partial charge in [-0.15, -0.1) is 0 Å². The normalized spacial score (nSPS) is 14.2. The van der Waals surface area contributed by atoms with Crippen LogP contribution in [0.2, 0.25) is 0 Å². The van der Waals surface area contributed by atoms with Crippen LogP contribution in [-0.4, -0.2) is 96.7 Å². The Hall–Kier alpha value is -1.94. The zero-order valence-corrected chi connectivity index (χ0v) is 75.1. The monoisotopic (exact) mass is 1620 g/mol. The van der Waals surface area contributed by atoms with Crippen molar-refractivity contribution in [2.24, 2.45) is 11.8 Å². The van der Waals surface area contributed by atoms with Crippen molar-refractivity contribution >= 4 is 39.5 Å². The van der Waals surface area contributed by atoms with Crippen LogP contribution in [0, 0.1) is 11.8 Å². The Balaban J connectivity index is 5.21. The number of phosphoric ester groups is 2. The molecule has 0 saturated carbocycles. The summed E-state index contributed by atoms with van der Waals surface area (Å²) in [5, 5.41) is 10.7. The number of esters is 4. The predicted molar refractivity (Wildman–Crippen MR) is 460 cm³/mol. The number of phosphoric acid groups is 2.